The lowest BCUT2D eigenvalue weighted by Gasteiger charge is -2.14. The first-order valence-corrected chi connectivity index (χ1v) is 9.64. The predicted molar refractivity (Wildman–Crippen MR) is 114 cm³/mol. The molecule has 1 atom stereocenters. The second kappa shape index (κ2) is 9.26. The maximum Gasteiger partial charge on any atom is 0.311 e. The molecule has 30 heavy (non-hydrogen) atoms. The van der Waals surface area contributed by atoms with Crippen molar-refractivity contribution in [3.05, 3.63) is 71.5 Å². The van der Waals surface area contributed by atoms with Crippen LogP contribution in [0.25, 0.3) is 5.69 Å². The van der Waals surface area contributed by atoms with Gasteiger partial charge in [0.1, 0.15) is 5.75 Å². The number of carbonyl (C=O) groups is 2. The maximum absolute atomic E-state index is 12.5. The Balaban J connectivity index is 1.62. The van der Waals surface area contributed by atoms with Crippen molar-refractivity contribution in [2.75, 3.05) is 12.4 Å². The predicted octanol–water partition coefficient (Wildman–Crippen LogP) is 3.61. The van der Waals surface area contributed by atoms with Gasteiger partial charge in [-0.1, -0.05) is 18.2 Å². The summed E-state index contributed by atoms with van der Waals surface area (Å²) >= 11 is 0. The number of nitrogens with zero attached hydrogens (tertiary/aromatic N) is 2. The third-order valence-corrected chi connectivity index (χ3v) is 4.80. The van der Waals surface area contributed by atoms with Crippen LogP contribution in [0.4, 0.5) is 5.69 Å². The number of aromatic nitrogens is 2. The lowest BCUT2D eigenvalue weighted by molar-refractivity contribution is -0.152. The minimum absolute atomic E-state index is 0.0463. The number of ether oxygens (including phenoxy) is 2. The minimum atomic E-state index is -0.926. The second-order valence-corrected chi connectivity index (χ2v) is 6.92. The standard InChI is InChI=1S/C23H25N3O4/c1-15-21(16(2)26(25-15)19-8-6-5-7-9-19)14-22(27)30-17(3)23(28)24-18-10-12-20(29-4)13-11-18/h5-13,17H,14H2,1-4H3,(H,24,28)/t17-/m0/s1. The molecule has 0 bridgehead atoms. The summed E-state index contributed by atoms with van der Waals surface area (Å²) < 4.78 is 12.2. The third-order valence-electron chi connectivity index (χ3n) is 4.80. The van der Waals surface area contributed by atoms with Gasteiger partial charge in [-0.25, -0.2) is 4.68 Å². The van der Waals surface area contributed by atoms with Gasteiger partial charge < -0.3 is 14.8 Å². The van der Waals surface area contributed by atoms with Crippen molar-refractivity contribution < 1.29 is 19.1 Å². The molecule has 1 aromatic heterocycles. The fraction of sp³-hybridized carbons (Fsp3) is 0.261. The van der Waals surface area contributed by atoms with E-state index in [9.17, 15) is 9.59 Å². The Morgan fingerprint density at radius 3 is 2.37 bits per heavy atom. The Morgan fingerprint density at radius 1 is 1.07 bits per heavy atom. The number of para-hydroxylation sites is 1. The number of amides is 1. The summed E-state index contributed by atoms with van der Waals surface area (Å²) in [7, 11) is 1.57. The highest BCUT2D eigenvalue weighted by molar-refractivity contribution is 5.95. The summed E-state index contributed by atoms with van der Waals surface area (Å²) in [6.45, 7) is 5.31. The van der Waals surface area contributed by atoms with E-state index in [2.05, 4.69) is 10.4 Å². The Bertz CT molecular complexity index is 1030. The maximum atomic E-state index is 12.5. The van der Waals surface area contributed by atoms with Crippen molar-refractivity contribution in [2.24, 2.45) is 0 Å². The molecule has 3 aromatic rings. The highest BCUT2D eigenvalue weighted by atomic mass is 16.5. The molecule has 0 saturated carbocycles. The third kappa shape index (κ3) is 4.86. The molecule has 0 aliphatic rings. The largest absolute Gasteiger partial charge is 0.497 e. The highest BCUT2D eigenvalue weighted by Gasteiger charge is 2.21. The Labute approximate surface area is 175 Å². The average molecular weight is 407 g/mol. The lowest BCUT2D eigenvalue weighted by atomic mass is 10.1. The van der Waals surface area contributed by atoms with Crippen LogP contribution in [0.5, 0.6) is 5.75 Å². The zero-order valence-corrected chi connectivity index (χ0v) is 17.5. The van der Waals surface area contributed by atoms with Crippen LogP contribution in [0, 0.1) is 13.8 Å². The normalized spacial score (nSPS) is 11.6. The van der Waals surface area contributed by atoms with Crippen LogP contribution in [-0.2, 0) is 20.7 Å². The number of rotatable bonds is 7. The number of nitrogens with one attached hydrogen (secondary N) is 1. The van der Waals surface area contributed by atoms with E-state index in [1.165, 1.54) is 0 Å². The number of hydrogen-bond acceptors (Lipinski definition) is 5. The Morgan fingerprint density at radius 2 is 1.73 bits per heavy atom. The minimum Gasteiger partial charge on any atom is -0.497 e. The molecule has 7 heteroatoms. The molecular weight excluding hydrogens is 382 g/mol. The first-order valence-electron chi connectivity index (χ1n) is 9.64. The molecule has 0 aliphatic heterocycles. The van der Waals surface area contributed by atoms with Crippen molar-refractivity contribution in [3.8, 4) is 11.4 Å². The fourth-order valence-electron chi connectivity index (χ4n) is 3.11. The van der Waals surface area contributed by atoms with Crippen LogP contribution in [0.15, 0.2) is 54.6 Å². The SMILES string of the molecule is COc1ccc(NC(=O)[C@H](C)OC(=O)Cc2c(C)nn(-c3ccccc3)c2C)cc1. The summed E-state index contributed by atoms with van der Waals surface area (Å²) in [5.41, 5.74) is 3.94. The lowest BCUT2D eigenvalue weighted by Crippen LogP contribution is -2.30. The number of benzene rings is 2. The van der Waals surface area contributed by atoms with Gasteiger partial charge in [0.2, 0.25) is 0 Å². The molecule has 0 unspecified atom stereocenters. The molecule has 1 heterocycles. The van der Waals surface area contributed by atoms with Crippen molar-refractivity contribution >= 4 is 17.6 Å². The molecule has 0 aliphatic carbocycles. The molecule has 3 rings (SSSR count). The molecule has 2 aromatic carbocycles. The van der Waals surface area contributed by atoms with Gasteiger partial charge in [-0.05, 0) is 57.2 Å². The number of anilines is 1. The monoisotopic (exact) mass is 407 g/mol. The summed E-state index contributed by atoms with van der Waals surface area (Å²) in [5.74, 6) is -0.192. The van der Waals surface area contributed by atoms with Gasteiger partial charge in [0.25, 0.3) is 5.91 Å². The zero-order valence-electron chi connectivity index (χ0n) is 17.5. The van der Waals surface area contributed by atoms with Gasteiger partial charge >= 0.3 is 5.97 Å². The van der Waals surface area contributed by atoms with Crippen LogP contribution < -0.4 is 10.1 Å². The van der Waals surface area contributed by atoms with E-state index in [4.69, 9.17) is 9.47 Å². The van der Waals surface area contributed by atoms with Crippen molar-refractivity contribution in [1.29, 1.82) is 0 Å². The number of methoxy groups -OCH3 is 1. The molecule has 156 valence electrons. The van der Waals surface area contributed by atoms with E-state index in [-0.39, 0.29) is 6.42 Å². The zero-order chi connectivity index (χ0) is 21.7. The molecule has 1 N–H and O–H groups in total. The van der Waals surface area contributed by atoms with Crippen LogP contribution in [0.1, 0.15) is 23.9 Å². The smallest absolute Gasteiger partial charge is 0.311 e. The first-order chi connectivity index (χ1) is 14.4. The van der Waals surface area contributed by atoms with Crippen LogP contribution in [0.2, 0.25) is 0 Å². The van der Waals surface area contributed by atoms with E-state index in [0.717, 1.165) is 22.6 Å². The van der Waals surface area contributed by atoms with Gasteiger partial charge in [0.15, 0.2) is 6.10 Å². The molecule has 0 saturated heterocycles. The summed E-state index contributed by atoms with van der Waals surface area (Å²) in [6, 6.07) is 16.6. The second-order valence-electron chi connectivity index (χ2n) is 6.92. The van der Waals surface area contributed by atoms with Crippen molar-refractivity contribution in [1.82, 2.24) is 9.78 Å². The summed E-state index contributed by atoms with van der Waals surface area (Å²) in [6.07, 6.45) is -0.880. The van der Waals surface area contributed by atoms with Gasteiger partial charge in [0.05, 0.1) is 24.9 Å². The highest BCUT2D eigenvalue weighted by Crippen LogP contribution is 2.19. The quantitative estimate of drug-likeness (QED) is 0.605. The van der Waals surface area contributed by atoms with E-state index in [1.807, 2.05) is 44.2 Å². The molecule has 1 amide bonds. The van der Waals surface area contributed by atoms with Gasteiger partial charge in [-0.3, -0.25) is 9.59 Å². The van der Waals surface area contributed by atoms with Crippen LogP contribution >= 0.6 is 0 Å². The molecule has 0 fully saturated rings. The number of hydrogen-bond donors (Lipinski definition) is 1. The summed E-state index contributed by atoms with van der Waals surface area (Å²) in [4.78, 5) is 24.8. The van der Waals surface area contributed by atoms with Gasteiger partial charge in [-0.2, -0.15) is 5.10 Å². The topological polar surface area (TPSA) is 82.4 Å². The van der Waals surface area contributed by atoms with E-state index >= 15 is 0 Å². The van der Waals surface area contributed by atoms with Gasteiger partial charge in [0, 0.05) is 16.9 Å². The molecular formula is C23H25N3O4. The van der Waals surface area contributed by atoms with E-state index in [1.54, 1.807) is 43.0 Å². The number of aryl methyl sites for hydroxylation is 1. The first kappa shape index (κ1) is 21.1. The Hall–Kier alpha value is -3.61. The van der Waals surface area contributed by atoms with Crippen molar-refractivity contribution in [2.45, 2.75) is 33.3 Å². The molecule has 7 nitrogen and oxygen atoms in total. The van der Waals surface area contributed by atoms with E-state index < -0.39 is 18.0 Å². The number of carbonyl (C=O) groups excluding carboxylic acids is 2. The number of esters is 1. The van der Waals surface area contributed by atoms with Crippen LogP contribution in [0.3, 0.4) is 0 Å². The fourth-order valence-corrected chi connectivity index (χ4v) is 3.11. The Kier molecular flexibility index (Phi) is 6.51. The van der Waals surface area contributed by atoms with Crippen LogP contribution in [-0.4, -0.2) is 34.9 Å². The molecule has 0 radical (unpaired) electrons. The van der Waals surface area contributed by atoms with Gasteiger partial charge in [-0.15, -0.1) is 0 Å². The molecule has 0 spiro atoms. The van der Waals surface area contributed by atoms with Crippen molar-refractivity contribution in [3.63, 3.8) is 0 Å². The summed E-state index contributed by atoms with van der Waals surface area (Å²) in [5, 5.41) is 7.26. The van der Waals surface area contributed by atoms with E-state index in [0.29, 0.717) is 11.4 Å². The average Bonchev–Trinajstić information content (AvgIpc) is 3.03.